The van der Waals surface area contributed by atoms with E-state index in [0.717, 1.165) is 23.8 Å². The van der Waals surface area contributed by atoms with Gasteiger partial charge >= 0.3 is 0 Å². The molecule has 7 nitrogen and oxygen atoms in total. The van der Waals surface area contributed by atoms with Gasteiger partial charge in [0.2, 0.25) is 5.91 Å². The molecule has 5 rings (SSSR count). The highest BCUT2D eigenvalue weighted by atomic mass is 19.1. The van der Waals surface area contributed by atoms with Gasteiger partial charge in [-0.25, -0.2) is 9.49 Å². The molecule has 8 heteroatoms. The number of amides is 2. The number of benzene rings is 2. The van der Waals surface area contributed by atoms with E-state index < -0.39 is 5.82 Å². The number of nitrogens with one attached hydrogen (secondary N) is 2. The smallest absolute Gasteiger partial charge is 0.272 e. The zero-order chi connectivity index (χ0) is 22.2. The van der Waals surface area contributed by atoms with E-state index in [9.17, 15) is 18.8 Å². The molecule has 2 aliphatic rings. The Kier molecular flexibility index (Phi) is 5.20. The van der Waals surface area contributed by atoms with Crippen LogP contribution < -0.4 is 10.9 Å². The lowest BCUT2D eigenvalue weighted by molar-refractivity contribution is -0.122. The van der Waals surface area contributed by atoms with Crippen molar-refractivity contribution in [1.29, 1.82) is 0 Å². The molecule has 1 saturated carbocycles. The van der Waals surface area contributed by atoms with E-state index in [1.54, 1.807) is 29.2 Å². The van der Waals surface area contributed by atoms with Crippen molar-refractivity contribution in [3.63, 3.8) is 0 Å². The van der Waals surface area contributed by atoms with E-state index in [1.165, 1.54) is 6.07 Å². The largest absolute Gasteiger partial charge is 0.355 e. The number of carbonyl (C=O) groups excluding carboxylic acids is 2. The summed E-state index contributed by atoms with van der Waals surface area (Å²) in [6.07, 6.45) is 2.27. The molecule has 2 aromatic carbocycles. The van der Waals surface area contributed by atoms with E-state index in [-0.39, 0.29) is 34.8 Å². The minimum Gasteiger partial charge on any atom is -0.355 e. The number of aromatic amines is 1. The number of H-pyrrole nitrogens is 1. The van der Waals surface area contributed by atoms with Crippen molar-refractivity contribution in [2.45, 2.75) is 19.3 Å². The maximum absolute atomic E-state index is 14.5. The summed E-state index contributed by atoms with van der Waals surface area (Å²) in [7, 11) is 0. The molecule has 1 aromatic heterocycles. The predicted molar refractivity (Wildman–Crippen MR) is 117 cm³/mol. The summed E-state index contributed by atoms with van der Waals surface area (Å²) < 4.78 is 14.5. The molecule has 0 radical (unpaired) electrons. The third-order valence-electron chi connectivity index (χ3n) is 6.17. The van der Waals surface area contributed by atoms with Gasteiger partial charge in [0.25, 0.3) is 11.5 Å². The monoisotopic (exact) mass is 434 g/mol. The maximum Gasteiger partial charge on any atom is 0.272 e. The van der Waals surface area contributed by atoms with Gasteiger partial charge in [0.15, 0.2) is 0 Å². The Morgan fingerprint density at radius 2 is 1.88 bits per heavy atom. The Bertz CT molecular complexity index is 1260. The first-order chi connectivity index (χ1) is 15.5. The minimum atomic E-state index is -0.566. The molecule has 0 atom stereocenters. The normalized spacial score (nSPS) is 16.1. The Labute approximate surface area is 183 Å². The van der Waals surface area contributed by atoms with Crippen LogP contribution in [0.4, 0.5) is 4.39 Å². The van der Waals surface area contributed by atoms with Gasteiger partial charge in [0.1, 0.15) is 5.82 Å². The second-order valence-corrected chi connectivity index (χ2v) is 8.63. The fraction of sp³-hybridized carbons (Fsp3) is 0.333. The van der Waals surface area contributed by atoms with Crippen LogP contribution in [-0.2, 0) is 11.2 Å². The summed E-state index contributed by atoms with van der Waals surface area (Å²) in [6.45, 7) is 1.55. The Morgan fingerprint density at radius 1 is 1.12 bits per heavy atom. The van der Waals surface area contributed by atoms with Crippen molar-refractivity contribution in [3.8, 4) is 0 Å². The fourth-order valence-corrected chi connectivity index (χ4v) is 4.12. The number of likely N-dealkylation sites (tertiary alicyclic amines) is 1. The zero-order valence-corrected chi connectivity index (χ0v) is 17.4. The van der Waals surface area contributed by atoms with Crippen molar-refractivity contribution in [1.82, 2.24) is 20.4 Å². The van der Waals surface area contributed by atoms with Crippen LogP contribution in [0.5, 0.6) is 0 Å². The number of hydrogen-bond donors (Lipinski definition) is 2. The molecule has 2 N–H and O–H groups in total. The molecule has 0 unspecified atom stereocenters. The molecule has 2 fully saturated rings. The highest BCUT2D eigenvalue weighted by Crippen LogP contribution is 2.29. The fourth-order valence-electron chi connectivity index (χ4n) is 4.12. The van der Waals surface area contributed by atoms with Crippen LogP contribution in [0, 0.1) is 17.7 Å². The first kappa shape index (κ1) is 20.4. The van der Waals surface area contributed by atoms with Gasteiger partial charge in [-0.05, 0) is 36.6 Å². The highest BCUT2D eigenvalue weighted by Gasteiger charge is 2.34. The predicted octanol–water partition coefficient (Wildman–Crippen LogP) is 2.25. The molecule has 1 aliphatic carbocycles. The summed E-state index contributed by atoms with van der Waals surface area (Å²) >= 11 is 0. The molecule has 2 heterocycles. The molecule has 1 saturated heterocycles. The number of fused-ring (bicyclic) bond motifs is 1. The van der Waals surface area contributed by atoms with E-state index in [0.29, 0.717) is 37.1 Å². The van der Waals surface area contributed by atoms with Crippen LogP contribution in [-0.4, -0.2) is 46.5 Å². The summed E-state index contributed by atoms with van der Waals surface area (Å²) in [5, 5.41) is 10.9. The molecule has 3 aromatic rings. The van der Waals surface area contributed by atoms with Crippen molar-refractivity contribution < 1.29 is 14.0 Å². The molecule has 0 bridgehead atoms. The molecule has 0 spiro atoms. The molecule has 32 heavy (non-hydrogen) atoms. The third kappa shape index (κ3) is 4.00. The second kappa shape index (κ2) is 8.18. The lowest BCUT2D eigenvalue weighted by Gasteiger charge is -2.39. The topological polar surface area (TPSA) is 95.2 Å². The quantitative estimate of drug-likeness (QED) is 0.622. The van der Waals surface area contributed by atoms with E-state index >= 15 is 0 Å². The van der Waals surface area contributed by atoms with Gasteiger partial charge in [-0.1, -0.05) is 24.3 Å². The number of halogens is 1. The zero-order valence-electron chi connectivity index (χ0n) is 17.4. The van der Waals surface area contributed by atoms with Gasteiger partial charge in [-0.15, -0.1) is 0 Å². The van der Waals surface area contributed by atoms with Gasteiger partial charge in [0.05, 0.1) is 16.6 Å². The molecular weight excluding hydrogens is 411 g/mol. The van der Waals surface area contributed by atoms with E-state index in [2.05, 4.69) is 15.5 Å². The highest BCUT2D eigenvalue weighted by molar-refractivity contribution is 5.95. The van der Waals surface area contributed by atoms with Crippen molar-refractivity contribution in [2.75, 3.05) is 19.6 Å². The van der Waals surface area contributed by atoms with Crippen LogP contribution in [0.25, 0.3) is 10.8 Å². The SMILES string of the molecule is O=C(NCC1CN(C(=O)c2cc(Cc3n[nH]c(=O)c4ccccc34)ccc2F)C1)C1CC1. The number of nitrogens with zero attached hydrogens (tertiary/aromatic N) is 2. The number of rotatable bonds is 6. The second-order valence-electron chi connectivity index (χ2n) is 8.63. The van der Waals surface area contributed by atoms with Crippen molar-refractivity contribution in [2.24, 2.45) is 11.8 Å². The average Bonchev–Trinajstić information content (AvgIpc) is 3.61. The number of carbonyl (C=O) groups is 2. The number of aromatic nitrogens is 2. The average molecular weight is 434 g/mol. The first-order valence-electron chi connectivity index (χ1n) is 10.8. The summed E-state index contributed by atoms with van der Waals surface area (Å²) in [5.74, 6) is -0.461. The Hall–Kier alpha value is -3.55. The first-order valence-corrected chi connectivity index (χ1v) is 10.8. The van der Waals surface area contributed by atoms with Crippen LogP contribution in [0.1, 0.15) is 34.5 Å². The van der Waals surface area contributed by atoms with Crippen molar-refractivity contribution in [3.05, 3.63) is 75.5 Å². The van der Waals surface area contributed by atoms with Crippen LogP contribution in [0.2, 0.25) is 0 Å². The lowest BCUT2D eigenvalue weighted by Crippen LogP contribution is -2.54. The Balaban J connectivity index is 1.27. The number of hydrogen-bond acceptors (Lipinski definition) is 4. The summed E-state index contributed by atoms with van der Waals surface area (Å²) in [5.41, 5.74) is 1.14. The maximum atomic E-state index is 14.5. The van der Waals surface area contributed by atoms with Crippen LogP contribution >= 0.6 is 0 Å². The Morgan fingerprint density at radius 3 is 2.62 bits per heavy atom. The van der Waals surface area contributed by atoms with Gasteiger partial charge in [-0.2, -0.15) is 5.10 Å². The minimum absolute atomic E-state index is 0.0247. The van der Waals surface area contributed by atoms with E-state index in [1.807, 2.05) is 12.1 Å². The lowest BCUT2D eigenvalue weighted by atomic mass is 9.97. The van der Waals surface area contributed by atoms with Crippen LogP contribution in [0.15, 0.2) is 47.3 Å². The van der Waals surface area contributed by atoms with Crippen LogP contribution in [0.3, 0.4) is 0 Å². The summed E-state index contributed by atoms with van der Waals surface area (Å²) in [6, 6.07) is 11.6. The van der Waals surface area contributed by atoms with E-state index in [4.69, 9.17) is 0 Å². The van der Waals surface area contributed by atoms with Gasteiger partial charge in [0, 0.05) is 43.3 Å². The molecule has 164 valence electrons. The molecular formula is C24H23FN4O3. The molecule has 1 aliphatic heterocycles. The van der Waals surface area contributed by atoms with Crippen molar-refractivity contribution >= 4 is 22.6 Å². The third-order valence-corrected chi connectivity index (χ3v) is 6.17. The van der Waals surface area contributed by atoms with Gasteiger partial charge in [-0.3, -0.25) is 14.4 Å². The van der Waals surface area contributed by atoms with Gasteiger partial charge < -0.3 is 10.2 Å². The summed E-state index contributed by atoms with van der Waals surface area (Å²) in [4.78, 5) is 38.2. The molecule has 2 amide bonds. The standard InChI is InChI=1S/C24H23FN4O3/c25-20-8-5-14(10-21-17-3-1-2-4-18(17)23(31)28-27-21)9-19(20)24(32)29-12-15(13-29)11-26-22(30)16-6-7-16/h1-5,8-9,15-16H,6-7,10-13H2,(H,26,30)(H,28,31).